The van der Waals surface area contributed by atoms with E-state index in [-0.39, 0.29) is 5.84 Å². The summed E-state index contributed by atoms with van der Waals surface area (Å²) in [7, 11) is 1.60. The molecule has 0 aliphatic rings. The summed E-state index contributed by atoms with van der Waals surface area (Å²) in [5, 5.41) is 9.33. The van der Waals surface area contributed by atoms with E-state index in [4.69, 9.17) is 9.47 Å². The van der Waals surface area contributed by atoms with Crippen LogP contribution in [0.15, 0.2) is 47.6 Å². The molecule has 0 spiro atoms. The van der Waals surface area contributed by atoms with Crippen LogP contribution in [-0.2, 0) is 11.2 Å². The van der Waals surface area contributed by atoms with E-state index in [0.29, 0.717) is 30.3 Å². The average Bonchev–Trinajstić information content (AvgIpc) is 2.60. The molecule has 1 heterocycles. The van der Waals surface area contributed by atoms with Gasteiger partial charge in [0.15, 0.2) is 5.84 Å². The van der Waals surface area contributed by atoms with Crippen molar-refractivity contribution in [2.45, 2.75) is 13.3 Å². The van der Waals surface area contributed by atoms with Crippen molar-refractivity contribution in [3.63, 3.8) is 0 Å². The van der Waals surface area contributed by atoms with Crippen molar-refractivity contribution < 1.29 is 14.7 Å². The minimum absolute atomic E-state index is 0.287. The first-order valence-corrected chi connectivity index (χ1v) is 7.44. The summed E-state index contributed by atoms with van der Waals surface area (Å²) < 4.78 is 10.8. The van der Waals surface area contributed by atoms with Crippen LogP contribution in [-0.4, -0.2) is 36.3 Å². The number of amidine groups is 1. The van der Waals surface area contributed by atoms with E-state index in [1.54, 1.807) is 25.4 Å². The predicted molar refractivity (Wildman–Crippen MR) is 88.3 cm³/mol. The number of aliphatic imine (C=N–C) groups is 1. The SMILES string of the molecule is CCc1ccc(Oc2ncccc2C(=NCCOC)NO)cc1. The van der Waals surface area contributed by atoms with Crippen LogP contribution in [0.25, 0.3) is 0 Å². The molecule has 1 aromatic carbocycles. The van der Waals surface area contributed by atoms with E-state index in [1.807, 2.05) is 24.3 Å². The van der Waals surface area contributed by atoms with Crippen molar-refractivity contribution in [3.05, 3.63) is 53.7 Å². The second-order valence-electron chi connectivity index (χ2n) is 4.79. The molecule has 23 heavy (non-hydrogen) atoms. The lowest BCUT2D eigenvalue weighted by molar-refractivity contribution is 0.206. The van der Waals surface area contributed by atoms with Crippen LogP contribution in [0.3, 0.4) is 0 Å². The summed E-state index contributed by atoms with van der Waals surface area (Å²) >= 11 is 0. The molecular formula is C17H21N3O3. The van der Waals surface area contributed by atoms with Gasteiger partial charge >= 0.3 is 0 Å². The van der Waals surface area contributed by atoms with Crippen molar-refractivity contribution in [2.24, 2.45) is 4.99 Å². The molecule has 2 rings (SSSR count). The molecule has 2 aromatic rings. The third-order valence-corrected chi connectivity index (χ3v) is 3.24. The first-order chi connectivity index (χ1) is 11.3. The number of rotatable bonds is 7. The second kappa shape index (κ2) is 8.87. The van der Waals surface area contributed by atoms with Crippen molar-refractivity contribution in [2.75, 3.05) is 20.3 Å². The number of aryl methyl sites for hydroxylation is 1. The zero-order valence-corrected chi connectivity index (χ0v) is 13.3. The summed E-state index contributed by atoms with van der Waals surface area (Å²) in [6.07, 6.45) is 2.60. The van der Waals surface area contributed by atoms with E-state index >= 15 is 0 Å². The van der Waals surface area contributed by atoms with E-state index in [9.17, 15) is 5.21 Å². The van der Waals surface area contributed by atoms with Crippen molar-refractivity contribution in [1.82, 2.24) is 10.5 Å². The Labute approximate surface area is 135 Å². The van der Waals surface area contributed by atoms with Gasteiger partial charge in [0.2, 0.25) is 5.88 Å². The molecule has 122 valence electrons. The predicted octanol–water partition coefficient (Wildman–Crippen LogP) is 2.81. The molecule has 0 amide bonds. The Morgan fingerprint density at radius 3 is 2.70 bits per heavy atom. The maximum Gasteiger partial charge on any atom is 0.230 e. The van der Waals surface area contributed by atoms with E-state index in [2.05, 4.69) is 22.4 Å². The molecule has 2 N–H and O–H groups in total. The zero-order valence-electron chi connectivity index (χ0n) is 13.3. The molecule has 0 atom stereocenters. The molecule has 0 aliphatic heterocycles. The molecule has 1 aromatic heterocycles. The topological polar surface area (TPSA) is 76.0 Å². The molecule has 0 bridgehead atoms. The Morgan fingerprint density at radius 1 is 1.26 bits per heavy atom. The number of hydrogen-bond acceptors (Lipinski definition) is 5. The summed E-state index contributed by atoms with van der Waals surface area (Å²) in [6.45, 7) is 2.97. The van der Waals surface area contributed by atoms with Gasteiger partial charge in [-0.2, -0.15) is 0 Å². The van der Waals surface area contributed by atoms with Crippen LogP contribution in [0.1, 0.15) is 18.1 Å². The number of nitrogens with zero attached hydrogens (tertiary/aromatic N) is 2. The number of benzene rings is 1. The van der Waals surface area contributed by atoms with Crippen LogP contribution in [0.4, 0.5) is 0 Å². The van der Waals surface area contributed by atoms with Crippen LogP contribution in [0, 0.1) is 0 Å². The molecule has 0 unspecified atom stereocenters. The summed E-state index contributed by atoms with van der Waals surface area (Å²) in [4.78, 5) is 8.47. The molecule has 0 saturated carbocycles. The minimum atomic E-state index is 0.287. The Morgan fingerprint density at radius 2 is 2.04 bits per heavy atom. The number of pyridine rings is 1. The average molecular weight is 315 g/mol. The highest BCUT2D eigenvalue weighted by molar-refractivity contribution is 6.00. The van der Waals surface area contributed by atoms with Crippen LogP contribution < -0.4 is 10.2 Å². The highest BCUT2D eigenvalue weighted by Gasteiger charge is 2.12. The van der Waals surface area contributed by atoms with E-state index in [1.165, 1.54) is 5.56 Å². The fraction of sp³-hybridized carbons (Fsp3) is 0.294. The first-order valence-electron chi connectivity index (χ1n) is 7.44. The van der Waals surface area contributed by atoms with Crippen molar-refractivity contribution in [3.8, 4) is 11.6 Å². The quantitative estimate of drug-likeness (QED) is 0.356. The fourth-order valence-electron chi connectivity index (χ4n) is 1.99. The van der Waals surface area contributed by atoms with Crippen molar-refractivity contribution >= 4 is 5.84 Å². The number of nitrogens with one attached hydrogen (secondary N) is 1. The molecule has 0 fully saturated rings. The van der Waals surface area contributed by atoms with Gasteiger partial charge in [0.1, 0.15) is 5.75 Å². The Balaban J connectivity index is 2.23. The maximum absolute atomic E-state index is 9.33. The number of hydroxylamine groups is 1. The summed E-state index contributed by atoms with van der Waals surface area (Å²) in [5.74, 6) is 1.33. The maximum atomic E-state index is 9.33. The van der Waals surface area contributed by atoms with Gasteiger partial charge in [-0.25, -0.2) is 4.98 Å². The normalized spacial score (nSPS) is 11.3. The standard InChI is InChI=1S/C17H21N3O3/c1-3-13-6-8-14(9-7-13)23-17-15(5-4-10-19-17)16(20-21)18-11-12-22-2/h4-10,21H,3,11-12H2,1-2H3,(H,18,20). The number of methoxy groups -OCH3 is 1. The third-order valence-electron chi connectivity index (χ3n) is 3.24. The van der Waals surface area contributed by atoms with E-state index < -0.39 is 0 Å². The molecule has 0 saturated heterocycles. The lowest BCUT2D eigenvalue weighted by atomic mass is 10.2. The van der Waals surface area contributed by atoms with Gasteiger partial charge in [0.05, 0.1) is 18.7 Å². The highest BCUT2D eigenvalue weighted by Crippen LogP contribution is 2.23. The largest absolute Gasteiger partial charge is 0.438 e. The van der Waals surface area contributed by atoms with E-state index in [0.717, 1.165) is 6.42 Å². The van der Waals surface area contributed by atoms with Crippen LogP contribution >= 0.6 is 0 Å². The van der Waals surface area contributed by atoms with Gasteiger partial charge in [0.25, 0.3) is 0 Å². The fourth-order valence-corrected chi connectivity index (χ4v) is 1.99. The number of ether oxygens (including phenoxy) is 2. The Kier molecular flexibility index (Phi) is 6.53. The second-order valence-corrected chi connectivity index (χ2v) is 4.79. The molecule has 0 aliphatic carbocycles. The molecule has 6 heteroatoms. The summed E-state index contributed by atoms with van der Waals surface area (Å²) in [5.41, 5.74) is 3.90. The van der Waals surface area contributed by atoms with Crippen LogP contribution in [0.2, 0.25) is 0 Å². The summed E-state index contributed by atoms with van der Waals surface area (Å²) in [6, 6.07) is 11.3. The monoisotopic (exact) mass is 315 g/mol. The molecule has 6 nitrogen and oxygen atoms in total. The zero-order chi connectivity index (χ0) is 16.5. The molecular weight excluding hydrogens is 294 g/mol. The minimum Gasteiger partial charge on any atom is -0.438 e. The van der Waals surface area contributed by atoms with Gasteiger partial charge < -0.3 is 9.47 Å². The van der Waals surface area contributed by atoms with Gasteiger partial charge in [0, 0.05) is 13.3 Å². The number of aromatic nitrogens is 1. The Hall–Kier alpha value is -2.44. The third kappa shape index (κ3) is 4.77. The van der Waals surface area contributed by atoms with Gasteiger partial charge in [-0.3, -0.25) is 15.7 Å². The molecule has 0 radical (unpaired) electrons. The number of hydrogen-bond donors (Lipinski definition) is 2. The lowest BCUT2D eigenvalue weighted by Gasteiger charge is -2.11. The lowest BCUT2D eigenvalue weighted by Crippen LogP contribution is -2.22. The highest BCUT2D eigenvalue weighted by atomic mass is 16.5. The van der Waals surface area contributed by atoms with Gasteiger partial charge in [-0.05, 0) is 36.2 Å². The smallest absolute Gasteiger partial charge is 0.230 e. The van der Waals surface area contributed by atoms with Crippen LogP contribution in [0.5, 0.6) is 11.6 Å². The first kappa shape index (κ1) is 16.9. The Bertz CT molecular complexity index is 642. The van der Waals surface area contributed by atoms with Gasteiger partial charge in [-0.1, -0.05) is 19.1 Å². The van der Waals surface area contributed by atoms with Crippen molar-refractivity contribution in [1.29, 1.82) is 0 Å². The van der Waals surface area contributed by atoms with Gasteiger partial charge in [-0.15, -0.1) is 0 Å².